The van der Waals surface area contributed by atoms with Gasteiger partial charge in [0.15, 0.2) is 5.76 Å². The normalized spacial score (nSPS) is 10.2. The zero-order chi connectivity index (χ0) is 7.68. The van der Waals surface area contributed by atoms with E-state index in [1.807, 2.05) is 0 Å². The Kier molecular flexibility index (Phi) is 1.36. The summed E-state index contributed by atoms with van der Waals surface area (Å²) in [6.07, 6.45) is 1.54. The third kappa shape index (κ3) is 1.10. The summed E-state index contributed by atoms with van der Waals surface area (Å²) in [5.74, 6) is 0.942. The van der Waals surface area contributed by atoms with Crippen LogP contribution in [0.25, 0.3) is 11.7 Å². The topological polar surface area (TPSA) is 55.0 Å². The van der Waals surface area contributed by atoms with Crippen molar-refractivity contribution in [2.45, 2.75) is 0 Å². The van der Waals surface area contributed by atoms with Gasteiger partial charge in [-0.2, -0.15) is 0 Å². The van der Waals surface area contributed by atoms with Gasteiger partial charge >= 0.3 is 0 Å². The Balaban J connectivity index is 2.53. The lowest BCUT2D eigenvalue weighted by Gasteiger charge is -1.81. The van der Waals surface area contributed by atoms with Crippen LogP contribution in [0.1, 0.15) is 0 Å². The fourth-order valence-electron chi connectivity index (χ4n) is 0.736. The summed E-state index contributed by atoms with van der Waals surface area (Å²) in [6, 6.07) is 3.50. The van der Waals surface area contributed by atoms with Gasteiger partial charge in [-0.3, -0.25) is 0 Å². The van der Waals surface area contributed by atoms with Crippen LogP contribution < -0.4 is 0 Å². The summed E-state index contributed by atoms with van der Waals surface area (Å²) in [5, 5.41) is 6.26. The van der Waals surface area contributed by atoms with Crippen LogP contribution in [-0.2, 0) is 0 Å². The van der Waals surface area contributed by atoms with E-state index in [-0.39, 0.29) is 4.84 Å². The second-order valence-corrected chi connectivity index (χ2v) is 2.27. The molecule has 2 aromatic heterocycles. The van der Waals surface area contributed by atoms with Crippen LogP contribution in [0.2, 0.25) is 0 Å². The average Bonchev–Trinajstić information content (AvgIpc) is 2.55. The predicted octanol–water partition coefficient (Wildman–Crippen LogP) is 1.99. The van der Waals surface area contributed by atoms with Crippen LogP contribution in [0.15, 0.2) is 27.2 Å². The van der Waals surface area contributed by atoms with Gasteiger partial charge in [-0.1, -0.05) is 0 Å². The summed E-state index contributed by atoms with van der Waals surface area (Å²) in [6.45, 7) is 0. The molecule has 0 radical (unpaired) electrons. The molecule has 0 bridgehead atoms. The number of nitrogens with zero attached hydrogens (tertiary/aromatic N) is 1. The second-order valence-electron chi connectivity index (χ2n) is 1.90. The lowest BCUT2D eigenvalue weighted by atomic mass is 10.5. The maximum absolute atomic E-state index is 5.01. The predicted molar refractivity (Wildman–Crippen MR) is 39.4 cm³/mol. The van der Waals surface area contributed by atoms with Crippen molar-refractivity contribution in [1.82, 2.24) is 10.2 Å². The van der Waals surface area contributed by atoms with Crippen molar-refractivity contribution in [3.8, 4) is 11.7 Å². The van der Waals surface area contributed by atoms with Crippen molar-refractivity contribution in [3.63, 3.8) is 0 Å². The molecule has 5 heteroatoms. The summed E-state index contributed by atoms with van der Waals surface area (Å²) in [7, 11) is 0. The first-order chi connectivity index (χ1) is 5.36. The van der Waals surface area contributed by atoms with E-state index < -0.39 is 0 Å². The van der Waals surface area contributed by atoms with Crippen LogP contribution in [0.4, 0.5) is 0 Å². The van der Waals surface area contributed by atoms with Crippen LogP contribution in [0.3, 0.4) is 0 Å². The van der Waals surface area contributed by atoms with Gasteiger partial charge in [-0.05, 0) is 24.4 Å². The summed E-state index contributed by atoms with van der Waals surface area (Å²) in [4.78, 5) is 0.247. The van der Waals surface area contributed by atoms with Crippen molar-refractivity contribution < 1.29 is 8.83 Å². The van der Waals surface area contributed by atoms with Crippen molar-refractivity contribution in [2.75, 3.05) is 0 Å². The Morgan fingerprint density at radius 2 is 2.45 bits per heavy atom. The van der Waals surface area contributed by atoms with Crippen molar-refractivity contribution in [2.24, 2.45) is 0 Å². The molecule has 11 heavy (non-hydrogen) atoms. The molecular weight excluding hydrogens is 164 g/mol. The largest absolute Gasteiger partial charge is 0.459 e. The summed E-state index contributed by atoms with van der Waals surface area (Å²) in [5.41, 5.74) is 0. The highest BCUT2D eigenvalue weighted by atomic mass is 32.1. The Bertz CT molecular complexity index is 387. The van der Waals surface area contributed by atoms with Crippen LogP contribution in [-0.4, -0.2) is 10.2 Å². The molecule has 1 N–H and O–H groups in total. The van der Waals surface area contributed by atoms with Gasteiger partial charge in [0, 0.05) is 0 Å². The molecule has 0 spiro atoms. The molecule has 0 aromatic carbocycles. The minimum absolute atomic E-state index is 0.247. The van der Waals surface area contributed by atoms with E-state index >= 15 is 0 Å². The lowest BCUT2D eigenvalue weighted by Crippen LogP contribution is -1.71. The number of H-pyrrole nitrogens is 1. The molecule has 56 valence electrons. The van der Waals surface area contributed by atoms with Crippen LogP contribution >= 0.6 is 12.2 Å². The minimum atomic E-state index is 0.247. The first kappa shape index (κ1) is 6.36. The van der Waals surface area contributed by atoms with Gasteiger partial charge in [0.2, 0.25) is 0 Å². The zero-order valence-electron chi connectivity index (χ0n) is 5.40. The number of hydrogen-bond donors (Lipinski definition) is 1. The lowest BCUT2D eigenvalue weighted by molar-refractivity contribution is 0.507. The molecule has 0 aliphatic carbocycles. The molecule has 0 aliphatic heterocycles. The molecule has 0 aliphatic rings. The van der Waals surface area contributed by atoms with Crippen molar-refractivity contribution >= 4 is 12.2 Å². The molecule has 2 rings (SSSR count). The van der Waals surface area contributed by atoms with Crippen LogP contribution in [0.5, 0.6) is 0 Å². The Morgan fingerprint density at radius 1 is 1.55 bits per heavy atom. The number of aromatic nitrogens is 2. The standard InChI is InChI=1S/C6H4N2O2S/c11-6-8-7-5(10-6)4-2-1-3-9-4/h1-3H,(H,8,11). The van der Waals surface area contributed by atoms with Gasteiger partial charge < -0.3 is 8.83 Å². The SMILES string of the molecule is S=c1[nH]nc(-c2ccco2)o1. The first-order valence-electron chi connectivity index (χ1n) is 2.95. The second kappa shape index (κ2) is 2.35. The van der Waals surface area contributed by atoms with E-state index in [4.69, 9.17) is 8.83 Å². The molecular formula is C6H4N2O2S. The number of nitrogens with one attached hydrogen (secondary N) is 1. The maximum atomic E-state index is 5.01. The highest BCUT2D eigenvalue weighted by Crippen LogP contribution is 2.15. The summed E-state index contributed by atoms with van der Waals surface area (Å²) < 4.78 is 9.99. The molecule has 2 heterocycles. The molecule has 0 atom stereocenters. The summed E-state index contributed by atoms with van der Waals surface area (Å²) >= 11 is 4.68. The highest BCUT2D eigenvalue weighted by Gasteiger charge is 2.04. The smallest absolute Gasteiger partial charge is 0.284 e. The van der Waals surface area contributed by atoms with E-state index in [1.54, 1.807) is 18.4 Å². The molecule has 4 nitrogen and oxygen atoms in total. The monoisotopic (exact) mass is 168 g/mol. The maximum Gasteiger partial charge on any atom is 0.284 e. The third-order valence-corrected chi connectivity index (χ3v) is 1.34. The molecule has 2 aromatic rings. The minimum Gasteiger partial charge on any atom is -0.459 e. The van der Waals surface area contributed by atoms with Gasteiger partial charge in [0.25, 0.3) is 10.7 Å². The Hall–Kier alpha value is -1.36. The van der Waals surface area contributed by atoms with Gasteiger partial charge in [0.1, 0.15) is 0 Å². The molecule has 0 fully saturated rings. The molecule has 0 unspecified atom stereocenters. The van der Waals surface area contributed by atoms with E-state index in [0.717, 1.165) is 0 Å². The Labute approximate surface area is 66.8 Å². The van der Waals surface area contributed by atoms with E-state index in [0.29, 0.717) is 11.7 Å². The zero-order valence-corrected chi connectivity index (χ0v) is 6.22. The van der Waals surface area contributed by atoms with Crippen molar-refractivity contribution in [1.29, 1.82) is 0 Å². The van der Waals surface area contributed by atoms with Gasteiger partial charge in [-0.15, -0.1) is 5.10 Å². The fourth-order valence-corrected chi connectivity index (χ4v) is 0.860. The fraction of sp³-hybridized carbons (Fsp3) is 0. The third-order valence-electron chi connectivity index (χ3n) is 1.17. The number of aromatic amines is 1. The van der Waals surface area contributed by atoms with Crippen LogP contribution in [0, 0.1) is 4.84 Å². The highest BCUT2D eigenvalue weighted by molar-refractivity contribution is 7.71. The van der Waals surface area contributed by atoms with E-state index in [1.165, 1.54) is 0 Å². The van der Waals surface area contributed by atoms with E-state index in [2.05, 4.69) is 22.4 Å². The number of hydrogen-bond acceptors (Lipinski definition) is 4. The average molecular weight is 168 g/mol. The first-order valence-corrected chi connectivity index (χ1v) is 3.36. The van der Waals surface area contributed by atoms with Crippen molar-refractivity contribution in [3.05, 3.63) is 23.2 Å². The Morgan fingerprint density at radius 3 is 3.00 bits per heavy atom. The molecule has 0 saturated heterocycles. The van der Waals surface area contributed by atoms with Gasteiger partial charge in [-0.25, -0.2) is 5.10 Å². The number of rotatable bonds is 1. The molecule has 0 amide bonds. The number of furan rings is 1. The van der Waals surface area contributed by atoms with Gasteiger partial charge in [0.05, 0.1) is 6.26 Å². The van der Waals surface area contributed by atoms with E-state index in [9.17, 15) is 0 Å². The molecule has 0 saturated carbocycles. The quantitative estimate of drug-likeness (QED) is 0.661.